The maximum absolute atomic E-state index is 14.1. The van der Waals surface area contributed by atoms with Gasteiger partial charge in [0.05, 0.1) is 5.69 Å². The number of carbonyl (C=O) groups excluding carboxylic acids is 3. The van der Waals surface area contributed by atoms with Crippen LogP contribution in [-0.2, 0) is 10.3 Å². The summed E-state index contributed by atoms with van der Waals surface area (Å²) in [5.41, 5.74) is 2.12. The number of ketones is 2. The summed E-state index contributed by atoms with van der Waals surface area (Å²) in [5.74, 6) is -0.458. The van der Waals surface area contributed by atoms with E-state index in [9.17, 15) is 14.4 Å². The van der Waals surface area contributed by atoms with Crippen LogP contribution in [0.25, 0.3) is 0 Å². The molecule has 0 saturated carbocycles. The number of hydrogen-bond donors (Lipinski definition) is 0. The summed E-state index contributed by atoms with van der Waals surface area (Å²) in [6.07, 6.45) is 3.37. The molecule has 2 atom stereocenters. The number of benzene rings is 2. The van der Waals surface area contributed by atoms with Crippen LogP contribution in [-0.4, -0.2) is 41.5 Å². The Labute approximate surface area is 174 Å². The number of para-hydroxylation sites is 1. The lowest BCUT2D eigenvalue weighted by Crippen LogP contribution is -2.53. The van der Waals surface area contributed by atoms with E-state index in [2.05, 4.69) is 11.5 Å². The summed E-state index contributed by atoms with van der Waals surface area (Å²) in [4.78, 5) is 45.3. The Morgan fingerprint density at radius 2 is 1.70 bits per heavy atom. The summed E-state index contributed by atoms with van der Waals surface area (Å²) in [7, 11) is 0. The third-order valence-corrected chi connectivity index (χ3v) is 6.99. The van der Waals surface area contributed by atoms with Gasteiger partial charge in [0, 0.05) is 47.0 Å². The van der Waals surface area contributed by atoms with Gasteiger partial charge in [-0.2, -0.15) is 0 Å². The molecule has 0 unspecified atom stereocenters. The van der Waals surface area contributed by atoms with Crippen molar-refractivity contribution in [1.29, 1.82) is 0 Å². The summed E-state index contributed by atoms with van der Waals surface area (Å²) in [6.45, 7) is 4.85. The van der Waals surface area contributed by atoms with Crippen LogP contribution in [0.3, 0.4) is 0 Å². The van der Waals surface area contributed by atoms with Crippen LogP contribution in [0.15, 0.2) is 72.3 Å². The quantitative estimate of drug-likeness (QED) is 0.731. The Morgan fingerprint density at radius 1 is 1.00 bits per heavy atom. The highest BCUT2D eigenvalue weighted by atomic mass is 16.2. The Bertz CT molecular complexity index is 1210. The molecule has 4 aliphatic rings. The lowest BCUT2D eigenvalue weighted by atomic mass is 9.74. The zero-order chi connectivity index (χ0) is 20.6. The molecule has 3 aliphatic heterocycles. The van der Waals surface area contributed by atoms with E-state index in [1.54, 1.807) is 35.2 Å². The average Bonchev–Trinajstić information content (AvgIpc) is 3.41. The number of fused-ring (bicyclic) bond motifs is 7. The van der Waals surface area contributed by atoms with E-state index in [0.717, 1.165) is 24.1 Å². The van der Waals surface area contributed by atoms with E-state index in [0.29, 0.717) is 35.4 Å². The maximum atomic E-state index is 14.1. The van der Waals surface area contributed by atoms with Gasteiger partial charge in [-0.25, -0.2) is 0 Å². The van der Waals surface area contributed by atoms with Crippen molar-refractivity contribution in [2.45, 2.75) is 24.4 Å². The molecule has 1 aliphatic carbocycles. The lowest BCUT2D eigenvalue weighted by molar-refractivity contribution is -0.127. The van der Waals surface area contributed by atoms with Crippen LogP contribution in [0.2, 0.25) is 0 Å². The zero-order valence-corrected chi connectivity index (χ0v) is 16.4. The van der Waals surface area contributed by atoms with Crippen LogP contribution in [0.5, 0.6) is 0 Å². The normalized spacial score (nSPS) is 26.9. The van der Waals surface area contributed by atoms with Gasteiger partial charge in [0.1, 0.15) is 0 Å². The van der Waals surface area contributed by atoms with Gasteiger partial charge in [-0.1, -0.05) is 48.5 Å². The summed E-state index contributed by atoms with van der Waals surface area (Å²) in [5, 5.41) is 0. The number of anilines is 1. The van der Waals surface area contributed by atoms with Crippen molar-refractivity contribution in [3.05, 3.63) is 89.0 Å². The molecule has 148 valence electrons. The van der Waals surface area contributed by atoms with Gasteiger partial charge in [0.15, 0.2) is 17.1 Å². The fraction of sp³-hybridized carbons (Fsp3) is 0.240. The van der Waals surface area contributed by atoms with Crippen molar-refractivity contribution in [1.82, 2.24) is 4.90 Å². The van der Waals surface area contributed by atoms with E-state index in [1.165, 1.54) is 0 Å². The van der Waals surface area contributed by atoms with Gasteiger partial charge in [-0.15, -0.1) is 6.58 Å². The molecular weight excluding hydrogens is 376 g/mol. The third-order valence-electron chi connectivity index (χ3n) is 6.99. The van der Waals surface area contributed by atoms with Gasteiger partial charge in [0.2, 0.25) is 0 Å². The second kappa shape index (κ2) is 5.86. The number of rotatable bonds is 2. The molecule has 6 rings (SSSR count). The number of hydrogen-bond acceptors (Lipinski definition) is 4. The van der Waals surface area contributed by atoms with E-state index >= 15 is 0 Å². The molecular formula is C25H20N2O3. The minimum Gasteiger partial charge on any atom is -0.306 e. The molecule has 5 nitrogen and oxygen atoms in total. The molecule has 3 heterocycles. The molecule has 2 aromatic carbocycles. The molecule has 5 heteroatoms. The Morgan fingerprint density at radius 3 is 2.47 bits per heavy atom. The van der Waals surface area contributed by atoms with Crippen LogP contribution < -0.4 is 4.90 Å². The molecule has 30 heavy (non-hydrogen) atoms. The second-order valence-electron chi connectivity index (χ2n) is 8.28. The highest BCUT2D eigenvalue weighted by molar-refractivity contribution is 6.32. The van der Waals surface area contributed by atoms with Crippen molar-refractivity contribution in [3.8, 4) is 0 Å². The highest BCUT2D eigenvalue weighted by Gasteiger charge is 2.67. The second-order valence-corrected chi connectivity index (χ2v) is 8.28. The monoisotopic (exact) mass is 396 g/mol. The number of amides is 1. The van der Waals surface area contributed by atoms with Crippen LogP contribution in [0.4, 0.5) is 5.69 Å². The Balaban J connectivity index is 1.69. The Hall–Kier alpha value is -3.31. The average molecular weight is 396 g/mol. The van der Waals surface area contributed by atoms with Crippen molar-refractivity contribution < 1.29 is 14.4 Å². The smallest absolute Gasteiger partial charge is 0.257 e. The largest absolute Gasteiger partial charge is 0.306 e. The molecule has 0 N–H and O–H groups in total. The van der Waals surface area contributed by atoms with E-state index in [-0.39, 0.29) is 23.5 Å². The van der Waals surface area contributed by atoms with Gasteiger partial charge < -0.3 is 4.90 Å². The number of Topliss-reactive ketones (excluding diaryl/α,β-unsaturated/α-hetero) is 2. The highest BCUT2D eigenvalue weighted by Crippen LogP contribution is 2.58. The van der Waals surface area contributed by atoms with Crippen molar-refractivity contribution in [2.75, 3.05) is 18.0 Å². The lowest BCUT2D eigenvalue weighted by Gasteiger charge is -2.36. The molecule has 1 fully saturated rings. The third kappa shape index (κ3) is 1.80. The minimum absolute atomic E-state index is 0.110. The van der Waals surface area contributed by atoms with Gasteiger partial charge in [-0.05, 0) is 18.9 Å². The SMILES string of the molecule is C=CCN1C(=O)[C@@]2(C3=C(C(=O)c4ccccc4C3=O)[C@H]3CCCN32)c2ccccc21. The minimum atomic E-state index is -1.23. The van der Waals surface area contributed by atoms with E-state index in [1.807, 2.05) is 24.3 Å². The Kier molecular flexibility index (Phi) is 3.43. The predicted octanol–water partition coefficient (Wildman–Crippen LogP) is 3.27. The maximum Gasteiger partial charge on any atom is 0.257 e. The molecule has 1 spiro atoms. The molecule has 1 amide bonds. The van der Waals surface area contributed by atoms with E-state index < -0.39 is 5.54 Å². The van der Waals surface area contributed by atoms with Gasteiger partial charge in [-0.3, -0.25) is 19.3 Å². The standard InChI is InChI=1S/C25H20N2O3/c1-2-13-26-18-11-6-5-10-17(18)25(24(26)30)21-20(19-12-7-14-27(19)25)22(28)15-8-3-4-9-16(15)23(21)29/h2-6,8-11,19H,1,7,12-14H2/t19-,25+/m1/s1. The first-order valence-electron chi connectivity index (χ1n) is 10.3. The molecule has 2 aromatic rings. The van der Waals surface area contributed by atoms with Crippen molar-refractivity contribution >= 4 is 23.2 Å². The van der Waals surface area contributed by atoms with Gasteiger partial charge in [0.25, 0.3) is 5.91 Å². The molecule has 1 saturated heterocycles. The zero-order valence-electron chi connectivity index (χ0n) is 16.4. The fourth-order valence-electron chi connectivity index (χ4n) is 5.95. The summed E-state index contributed by atoms with van der Waals surface area (Å²) >= 11 is 0. The first-order chi connectivity index (χ1) is 14.6. The van der Waals surface area contributed by atoms with Crippen molar-refractivity contribution in [2.24, 2.45) is 0 Å². The first-order valence-corrected chi connectivity index (χ1v) is 10.3. The van der Waals surface area contributed by atoms with Crippen LogP contribution >= 0.6 is 0 Å². The topological polar surface area (TPSA) is 57.7 Å². The summed E-state index contributed by atoms with van der Waals surface area (Å²) in [6, 6.07) is 14.4. The van der Waals surface area contributed by atoms with Crippen molar-refractivity contribution in [3.63, 3.8) is 0 Å². The number of carbonyl (C=O) groups is 3. The first kappa shape index (κ1) is 17.5. The van der Waals surface area contributed by atoms with Gasteiger partial charge >= 0.3 is 0 Å². The molecule has 0 bridgehead atoms. The molecule has 0 radical (unpaired) electrons. The van der Waals surface area contributed by atoms with Crippen LogP contribution in [0, 0.1) is 0 Å². The predicted molar refractivity (Wildman–Crippen MR) is 113 cm³/mol. The van der Waals surface area contributed by atoms with Crippen LogP contribution in [0.1, 0.15) is 39.1 Å². The number of nitrogens with zero attached hydrogens (tertiary/aromatic N) is 2. The fourth-order valence-corrected chi connectivity index (χ4v) is 5.95. The summed E-state index contributed by atoms with van der Waals surface area (Å²) < 4.78 is 0. The van der Waals surface area contributed by atoms with E-state index in [4.69, 9.17) is 0 Å². The molecule has 0 aromatic heterocycles.